The zero-order chi connectivity index (χ0) is 27.5. The van der Waals surface area contributed by atoms with Gasteiger partial charge in [0.05, 0.1) is 16.5 Å². The number of nitrogens with one attached hydrogen (secondary N) is 2. The normalized spacial score (nSPS) is 21.2. The number of rotatable bonds is 6. The molecule has 0 aliphatic heterocycles. The molecule has 1 aliphatic rings. The first-order chi connectivity index (χ1) is 16.0. The van der Waals surface area contributed by atoms with Crippen LogP contribution in [0, 0.1) is 5.92 Å². The number of benzene rings is 2. The molecule has 2 amide bonds. The van der Waals surface area contributed by atoms with Crippen LogP contribution < -0.4 is 10.6 Å². The Kier molecular flexibility index (Phi) is 6.88. The van der Waals surface area contributed by atoms with Gasteiger partial charge in [0.25, 0.3) is 5.91 Å². The van der Waals surface area contributed by atoms with Crippen LogP contribution in [0.1, 0.15) is 21.8 Å². The summed E-state index contributed by atoms with van der Waals surface area (Å²) in [6, 6.07) is 4.65. The predicted molar refractivity (Wildman–Crippen MR) is 125 cm³/mol. The van der Waals surface area contributed by atoms with Crippen LogP contribution in [0.2, 0.25) is 5.02 Å². The SMILES string of the molecule is O=C(NCC(F)(F)F)c1cc(NC(=O)[C@H]2[C@H](c3cc(Br)cc(S(F)(F)(F)(F)F)c3)C2(Cl)Cl)ccc1Cl. The summed E-state index contributed by atoms with van der Waals surface area (Å²) in [6.07, 6.45) is -4.69. The van der Waals surface area contributed by atoms with Crippen LogP contribution in [0.4, 0.5) is 38.3 Å². The summed E-state index contributed by atoms with van der Waals surface area (Å²) in [4.78, 5) is 22.6. The second-order valence-electron chi connectivity index (χ2n) is 7.80. The first-order valence-corrected chi connectivity index (χ1v) is 13.3. The van der Waals surface area contributed by atoms with Crippen LogP contribution in [0.25, 0.3) is 0 Å². The van der Waals surface area contributed by atoms with Crippen LogP contribution in [-0.4, -0.2) is 28.9 Å². The quantitative estimate of drug-likeness (QED) is 0.239. The Balaban J connectivity index is 1.84. The lowest BCUT2D eigenvalue weighted by Crippen LogP contribution is -2.33. The molecule has 200 valence electrons. The largest absolute Gasteiger partial charge is 0.405 e. The average Bonchev–Trinajstić information content (AvgIpc) is 3.27. The minimum absolute atomic E-state index is 0.127. The lowest BCUT2D eigenvalue weighted by atomic mass is 10.1. The monoisotopic (exact) mass is 668 g/mol. The van der Waals surface area contributed by atoms with E-state index in [2.05, 4.69) is 21.2 Å². The number of alkyl halides is 5. The molecular weight excluding hydrogens is 659 g/mol. The van der Waals surface area contributed by atoms with Gasteiger partial charge in [0.1, 0.15) is 15.8 Å². The van der Waals surface area contributed by atoms with E-state index in [1.165, 1.54) is 6.07 Å². The van der Waals surface area contributed by atoms with Crippen molar-refractivity contribution in [1.82, 2.24) is 5.32 Å². The van der Waals surface area contributed by atoms with Crippen LogP contribution >= 0.6 is 61.0 Å². The van der Waals surface area contributed by atoms with Crippen molar-refractivity contribution in [1.29, 1.82) is 0 Å². The van der Waals surface area contributed by atoms with Gasteiger partial charge in [0.2, 0.25) is 5.91 Å². The summed E-state index contributed by atoms with van der Waals surface area (Å²) in [7, 11) is -10.1. The predicted octanol–water partition coefficient (Wildman–Crippen LogP) is 8.58. The fourth-order valence-corrected chi connectivity index (χ4v) is 5.73. The molecule has 0 unspecified atom stereocenters. The van der Waals surface area contributed by atoms with Gasteiger partial charge in [0, 0.05) is 16.1 Å². The molecule has 1 saturated carbocycles. The second kappa shape index (κ2) is 8.52. The third kappa shape index (κ3) is 6.69. The van der Waals surface area contributed by atoms with Gasteiger partial charge in [-0.25, -0.2) is 0 Å². The lowest BCUT2D eigenvalue weighted by Gasteiger charge is -2.40. The minimum Gasteiger partial charge on any atom is -0.343 e. The summed E-state index contributed by atoms with van der Waals surface area (Å²) in [5, 5.41) is 3.66. The van der Waals surface area contributed by atoms with E-state index in [1.807, 2.05) is 0 Å². The van der Waals surface area contributed by atoms with E-state index in [9.17, 15) is 42.2 Å². The third-order valence-electron chi connectivity index (χ3n) is 4.96. The molecule has 1 aliphatic carbocycles. The van der Waals surface area contributed by atoms with E-state index in [0.717, 1.165) is 18.2 Å². The highest BCUT2D eigenvalue weighted by molar-refractivity contribution is 9.10. The van der Waals surface area contributed by atoms with Crippen molar-refractivity contribution in [3.8, 4) is 0 Å². The van der Waals surface area contributed by atoms with Crippen molar-refractivity contribution in [3.63, 3.8) is 0 Å². The molecule has 2 aromatic carbocycles. The molecule has 36 heavy (non-hydrogen) atoms. The van der Waals surface area contributed by atoms with E-state index in [1.54, 1.807) is 5.32 Å². The fourth-order valence-electron chi connectivity index (χ4n) is 3.33. The van der Waals surface area contributed by atoms with Gasteiger partial charge >= 0.3 is 16.4 Å². The Morgan fingerprint density at radius 2 is 1.64 bits per heavy atom. The summed E-state index contributed by atoms with van der Waals surface area (Å²) < 4.78 is 101. The van der Waals surface area contributed by atoms with Gasteiger partial charge < -0.3 is 10.6 Å². The van der Waals surface area contributed by atoms with Gasteiger partial charge in [-0.3, -0.25) is 9.59 Å². The summed E-state index contributed by atoms with van der Waals surface area (Å²) in [6.45, 7) is -1.64. The van der Waals surface area contributed by atoms with Crippen molar-refractivity contribution in [3.05, 3.63) is 57.0 Å². The molecule has 3 rings (SSSR count). The highest BCUT2D eigenvalue weighted by Crippen LogP contribution is 3.02. The highest BCUT2D eigenvalue weighted by atomic mass is 79.9. The second-order valence-corrected chi connectivity index (χ2v) is 13.0. The standard InChI is InChI=1S/C19H12BrCl3F8N2O2S/c20-9-3-8(4-11(5-9)36(27,28,29,30)31)14-15(19(14,22)23)17(35)33-10-1-2-13(21)12(6-10)16(34)32-7-18(24,25)26/h1-6,14-15H,7H2,(H,32,34)(H,33,35)/t14-,15+/m0/s1. The van der Waals surface area contributed by atoms with E-state index < -0.39 is 61.4 Å². The van der Waals surface area contributed by atoms with Gasteiger partial charge in [0.15, 0.2) is 0 Å². The Morgan fingerprint density at radius 3 is 2.19 bits per heavy atom. The maximum Gasteiger partial charge on any atom is 0.405 e. The Morgan fingerprint density at radius 1 is 1.03 bits per heavy atom. The Labute approximate surface area is 221 Å². The lowest BCUT2D eigenvalue weighted by molar-refractivity contribution is -0.123. The highest BCUT2D eigenvalue weighted by Gasteiger charge is 2.69. The van der Waals surface area contributed by atoms with Gasteiger partial charge in [-0.15, -0.1) is 23.2 Å². The molecule has 0 spiro atoms. The van der Waals surface area contributed by atoms with E-state index >= 15 is 0 Å². The molecule has 17 heteroatoms. The van der Waals surface area contributed by atoms with E-state index in [4.69, 9.17) is 34.8 Å². The van der Waals surface area contributed by atoms with E-state index in [0.29, 0.717) is 0 Å². The van der Waals surface area contributed by atoms with Crippen molar-refractivity contribution in [2.24, 2.45) is 5.92 Å². The smallest absolute Gasteiger partial charge is 0.343 e. The maximum atomic E-state index is 13.3. The molecule has 4 nitrogen and oxygen atoms in total. The molecule has 0 heterocycles. The molecule has 1 fully saturated rings. The summed E-state index contributed by atoms with van der Waals surface area (Å²) in [5.74, 6) is -4.87. The van der Waals surface area contributed by atoms with Gasteiger partial charge in [-0.2, -0.15) is 13.2 Å². The van der Waals surface area contributed by atoms with Crippen LogP contribution in [0.5, 0.6) is 0 Å². The fraction of sp³-hybridized carbons (Fsp3) is 0.263. The first-order valence-electron chi connectivity index (χ1n) is 9.37. The minimum atomic E-state index is -10.1. The van der Waals surface area contributed by atoms with Crippen LogP contribution in [0.15, 0.2) is 45.8 Å². The summed E-state index contributed by atoms with van der Waals surface area (Å²) >= 11 is 20.7. The molecule has 0 saturated heterocycles. The number of halogens is 12. The number of hydrogen-bond acceptors (Lipinski definition) is 2. The zero-order valence-corrected chi connectivity index (χ0v) is 21.8. The van der Waals surface area contributed by atoms with Gasteiger partial charge in [-0.05, 0) is 42.0 Å². The number of amides is 2. The maximum absolute atomic E-state index is 13.3. The van der Waals surface area contributed by atoms with Crippen molar-refractivity contribution >= 4 is 78.5 Å². The number of carbonyl (C=O) groups is 2. The molecule has 2 atom stereocenters. The number of carbonyl (C=O) groups excluding carboxylic acids is 2. The van der Waals surface area contributed by atoms with Crippen molar-refractivity contribution < 1.29 is 42.2 Å². The Hall–Kier alpha value is -1.48. The molecular formula is C19H12BrCl3F8N2O2S. The van der Waals surface area contributed by atoms with Gasteiger partial charge in [-0.1, -0.05) is 47.0 Å². The zero-order valence-electron chi connectivity index (χ0n) is 17.1. The first kappa shape index (κ1) is 29.1. The Bertz CT molecular complexity index is 1260. The molecule has 0 bridgehead atoms. The molecule has 0 aromatic heterocycles. The van der Waals surface area contributed by atoms with Crippen LogP contribution in [0.3, 0.4) is 0 Å². The van der Waals surface area contributed by atoms with Crippen molar-refractivity contribution in [2.45, 2.75) is 21.3 Å². The number of anilines is 1. The molecule has 2 aromatic rings. The van der Waals surface area contributed by atoms with Crippen molar-refractivity contribution in [2.75, 3.05) is 11.9 Å². The molecule has 0 radical (unpaired) electrons. The number of hydrogen-bond donors (Lipinski definition) is 2. The van der Waals surface area contributed by atoms with E-state index in [-0.39, 0.29) is 32.9 Å². The topological polar surface area (TPSA) is 58.2 Å². The van der Waals surface area contributed by atoms with Crippen LogP contribution in [-0.2, 0) is 4.79 Å². The third-order valence-corrected chi connectivity index (χ3v) is 7.82. The average molecular weight is 671 g/mol. The summed E-state index contributed by atoms with van der Waals surface area (Å²) in [5.41, 5.74) is -0.930. The molecule has 2 N–H and O–H groups in total.